The largest absolute Gasteiger partial charge is 0.481 e. The Bertz CT molecular complexity index is 303. The Morgan fingerprint density at radius 3 is 2.06 bits per heavy atom. The van der Waals surface area contributed by atoms with E-state index in [4.69, 9.17) is 10.2 Å². The number of carbonyl (C=O) groups is 3. The van der Waals surface area contributed by atoms with E-state index in [-0.39, 0.29) is 17.8 Å². The smallest absolute Gasteiger partial charge is 0.331 e. The summed E-state index contributed by atoms with van der Waals surface area (Å²) in [6, 6.07) is 0. The Labute approximate surface area is 93.8 Å². The fourth-order valence-corrected chi connectivity index (χ4v) is 1.20. The lowest BCUT2D eigenvalue weighted by Crippen LogP contribution is -2.03. The van der Waals surface area contributed by atoms with E-state index in [9.17, 15) is 14.4 Å². The molecule has 0 saturated carbocycles. The van der Waals surface area contributed by atoms with Crippen molar-refractivity contribution in [3.63, 3.8) is 0 Å². The Morgan fingerprint density at radius 1 is 1.06 bits per heavy atom. The molecule has 0 aromatic rings. The number of rotatable bonds is 8. The average Bonchev–Trinajstić information content (AvgIpc) is 2.15. The van der Waals surface area contributed by atoms with E-state index in [0.717, 1.165) is 0 Å². The topological polar surface area (TPSA) is 91.7 Å². The first-order valence-corrected chi connectivity index (χ1v) is 5.07. The third-order valence-corrected chi connectivity index (χ3v) is 2.02. The van der Waals surface area contributed by atoms with Gasteiger partial charge in [-0.3, -0.25) is 4.79 Å². The molecule has 0 unspecified atom stereocenters. The molecule has 16 heavy (non-hydrogen) atoms. The second-order valence-corrected chi connectivity index (χ2v) is 3.54. The minimum atomic E-state index is -1.09. The van der Waals surface area contributed by atoms with Crippen LogP contribution in [0.15, 0.2) is 11.6 Å². The van der Waals surface area contributed by atoms with Crippen molar-refractivity contribution in [2.75, 3.05) is 0 Å². The molecule has 0 rings (SSSR count). The number of aliphatic carboxylic acids is 2. The fraction of sp³-hybridized carbons (Fsp3) is 0.545. The minimum Gasteiger partial charge on any atom is -0.481 e. The molecule has 0 atom stereocenters. The summed E-state index contributed by atoms with van der Waals surface area (Å²) in [5.74, 6) is -2.07. The Morgan fingerprint density at radius 2 is 1.62 bits per heavy atom. The molecule has 5 nitrogen and oxygen atoms in total. The van der Waals surface area contributed by atoms with Crippen LogP contribution >= 0.6 is 0 Å². The van der Waals surface area contributed by atoms with Gasteiger partial charge >= 0.3 is 11.9 Å². The van der Waals surface area contributed by atoms with Crippen LogP contribution in [0.1, 0.15) is 39.0 Å². The molecule has 0 radical (unpaired) electrons. The molecule has 0 aliphatic rings. The molecule has 0 heterocycles. The number of ketones is 1. The maximum atomic E-state index is 10.7. The van der Waals surface area contributed by atoms with Crippen molar-refractivity contribution in [3.8, 4) is 0 Å². The summed E-state index contributed by atoms with van der Waals surface area (Å²) < 4.78 is 0. The quantitative estimate of drug-likeness (QED) is 0.486. The molecular formula is C11H16O5. The zero-order chi connectivity index (χ0) is 12.6. The van der Waals surface area contributed by atoms with Crippen molar-refractivity contribution >= 4 is 17.7 Å². The van der Waals surface area contributed by atoms with Gasteiger partial charge in [-0.25, -0.2) is 4.79 Å². The van der Waals surface area contributed by atoms with Gasteiger partial charge in [-0.05, 0) is 26.2 Å². The normalized spacial score (nSPS) is 11.2. The molecule has 0 aromatic heterocycles. The molecule has 0 saturated heterocycles. The second-order valence-electron chi connectivity index (χ2n) is 3.54. The highest BCUT2D eigenvalue weighted by Gasteiger charge is 2.07. The third-order valence-electron chi connectivity index (χ3n) is 2.02. The zero-order valence-corrected chi connectivity index (χ0v) is 9.23. The van der Waals surface area contributed by atoms with E-state index in [1.54, 1.807) is 0 Å². The zero-order valence-electron chi connectivity index (χ0n) is 9.23. The summed E-state index contributed by atoms with van der Waals surface area (Å²) >= 11 is 0. The van der Waals surface area contributed by atoms with Crippen LogP contribution in [0.3, 0.4) is 0 Å². The summed E-state index contributed by atoms with van der Waals surface area (Å²) in [5, 5.41) is 17.2. The summed E-state index contributed by atoms with van der Waals surface area (Å²) in [6.45, 7) is 1.48. The summed E-state index contributed by atoms with van der Waals surface area (Å²) in [7, 11) is 0. The first-order valence-electron chi connectivity index (χ1n) is 5.07. The summed E-state index contributed by atoms with van der Waals surface area (Å²) in [4.78, 5) is 31.6. The van der Waals surface area contributed by atoms with E-state index in [1.807, 2.05) is 0 Å². The summed E-state index contributed by atoms with van der Waals surface area (Å²) in [5.41, 5.74) is 0.103. The van der Waals surface area contributed by atoms with Gasteiger partial charge in [-0.1, -0.05) is 6.08 Å². The van der Waals surface area contributed by atoms with Crippen LogP contribution in [-0.4, -0.2) is 27.9 Å². The van der Waals surface area contributed by atoms with E-state index < -0.39 is 11.9 Å². The molecule has 0 fully saturated rings. The molecule has 0 bridgehead atoms. The van der Waals surface area contributed by atoms with Crippen molar-refractivity contribution in [3.05, 3.63) is 11.6 Å². The molecular weight excluding hydrogens is 212 g/mol. The second kappa shape index (κ2) is 7.62. The number of hydrogen-bond donors (Lipinski definition) is 2. The number of hydrogen-bond acceptors (Lipinski definition) is 3. The number of carboxylic acid groups (broad SMARTS) is 2. The van der Waals surface area contributed by atoms with Crippen LogP contribution in [0.25, 0.3) is 0 Å². The SMILES string of the molecule is CC(=O)CCCC/C(=C/CC(=O)O)C(=O)O. The van der Waals surface area contributed by atoms with Crippen molar-refractivity contribution in [1.29, 1.82) is 0 Å². The van der Waals surface area contributed by atoms with E-state index in [1.165, 1.54) is 13.0 Å². The summed E-state index contributed by atoms with van der Waals surface area (Å²) in [6.07, 6.45) is 2.87. The van der Waals surface area contributed by atoms with Crippen LogP contribution in [-0.2, 0) is 14.4 Å². The van der Waals surface area contributed by atoms with Crippen molar-refractivity contribution in [2.24, 2.45) is 0 Å². The predicted molar refractivity (Wildman–Crippen MR) is 57.1 cm³/mol. The molecule has 0 aliphatic carbocycles. The Balaban J connectivity index is 4.04. The maximum absolute atomic E-state index is 10.7. The van der Waals surface area contributed by atoms with Gasteiger partial charge in [-0.15, -0.1) is 0 Å². The Kier molecular flexibility index (Phi) is 6.83. The molecule has 0 aromatic carbocycles. The molecule has 2 N–H and O–H groups in total. The van der Waals surface area contributed by atoms with Crippen molar-refractivity contribution < 1.29 is 24.6 Å². The first kappa shape index (κ1) is 14.3. The number of carboxylic acids is 2. The van der Waals surface area contributed by atoms with Gasteiger partial charge in [0.1, 0.15) is 5.78 Å². The van der Waals surface area contributed by atoms with E-state index in [0.29, 0.717) is 25.7 Å². The predicted octanol–water partition coefficient (Wildman–Crippen LogP) is 1.62. The van der Waals surface area contributed by atoms with Gasteiger partial charge in [0.25, 0.3) is 0 Å². The first-order chi connectivity index (χ1) is 7.43. The lowest BCUT2D eigenvalue weighted by molar-refractivity contribution is -0.136. The number of Topliss-reactive ketones (excluding diaryl/α,β-unsaturated/α-hetero) is 1. The average molecular weight is 228 g/mol. The molecule has 90 valence electrons. The van der Waals surface area contributed by atoms with Crippen LogP contribution < -0.4 is 0 Å². The monoisotopic (exact) mass is 228 g/mol. The van der Waals surface area contributed by atoms with E-state index >= 15 is 0 Å². The standard InChI is InChI=1S/C11H16O5/c1-8(12)4-2-3-5-9(11(15)16)6-7-10(13)14/h6H,2-5,7H2,1H3,(H,13,14)(H,15,16)/b9-6-. The lowest BCUT2D eigenvalue weighted by atomic mass is 10.1. The highest BCUT2D eigenvalue weighted by atomic mass is 16.4. The lowest BCUT2D eigenvalue weighted by Gasteiger charge is -2.01. The van der Waals surface area contributed by atoms with Crippen molar-refractivity contribution in [2.45, 2.75) is 39.0 Å². The molecule has 0 spiro atoms. The fourth-order valence-electron chi connectivity index (χ4n) is 1.20. The maximum Gasteiger partial charge on any atom is 0.331 e. The highest BCUT2D eigenvalue weighted by Crippen LogP contribution is 2.10. The molecule has 0 aliphatic heterocycles. The van der Waals surface area contributed by atoms with Crippen LogP contribution in [0.5, 0.6) is 0 Å². The van der Waals surface area contributed by atoms with Gasteiger partial charge in [0, 0.05) is 12.0 Å². The van der Waals surface area contributed by atoms with E-state index in [2.05, 4.69) is 0 Å². The third kappa shape index (κ3) is 7.73. The Hall–Kier alpha value is -1.65. The minimum absolute atomic E-state index is 0.0754. The number of unbranched alkanes of at least 4 members (excludes halogenated alkanes) is 1. The van der Waals surface area contributed by atoms with Crippen molar-refractivity contribution in [1.82, 2.24) is 0 Å². The molecule has 5 heteroatoms. The van der Waals surface area contributed by atoms with Crippen LogP contribution in [0, 0.1) is 0 Å². The van der Waals surface area contributed by atoms with Gasteiger partial charge < -0.3 is 15.0 Å². The number of carbonyl (C=O) groups excluding carboxylic acids is 1. The van der Waals surface area contributed by atoms with Gasteiger partial charge in [0.15, 0.2) is 0 Å². The van der Waals surface area contributed by atoms with Crippen LogP contribution in [0.4, 0.5) is 0 Å². The van der Waals surface area contributed by atoms with Gasteiger partial charge in [0.05, 0.1) is 6.42 Å². The molecule has 0 amide bonds. The van der Waals surface area contributed by atoms with Crippen LogP contribution in [0.2, 0.25) is 0 Å². The van der Waals surface area contributed by atoms with Gasteiger partial charge in [0.2, 0.25) is 0 Å². The van der Waals surface area contributed by atoms with Gasteiger partial charge in [-0.2, -0.15) is 0 Å². The highest BCUT2D eigenvalue weighted by molar-refractivity contribution is 5.87.